The molecule has 0 aromatic heterocycles. The van der Waals surface area contributed by atoms with Crippen LogP contribution < -0.4 is 5.32 Å². The van der Waals surface area contributed by atoms with Gasteiger partial charge in [0, 0.05) is 6.42 Å². The molecule has 6 N–H and O–H groups in total. The number of aliphatic hydroxyl groups excluding tert-OH is 4. The average Bonchev–Trinajstić information content (AvgIpc) is 3.11. The molecule has 4 saturated carbocycles. The van der Waals surface area contributed by atoms with Gasteiger partial charge in [-0.2, -0.15) is 0 Å². The first-order valence-electron chi connectivity index (χ1n) is 13.2. The van der Waals surface area contributed by atoms with Crippen molar-refractivity contribution in [3.05, 3.63) is 0 Å². The van der Waals surface area contributed by atoms with Gasteiger partial charge in [0.05, 0.1) is 24.9 Å². The number of nitrogens with one attached hydrogen (secondary N) is 1. The van der Waals surface area contributed by atoms with Gasteiger partial charge in [-0.05, 0) is 97.7 Å². The summed E-state index contributed by atoms with van der Waals surface area (Å²) < 4.78 is 0. The second kappa shape index (κ2) is 9.38. The summed E-state index contributed by atoms with van der Waals surface area (Å²) in [7, 11) is 0. The summed E-state index contributed by atoms with van der Waals surface area (Å²) >= 11 is 0. The van der Waals surface area contributed by atoms with E-state index in [1.807, 2.05) is 0 Å². The molecule has 0 radical (unpaired) electrons. The Balaban J connectivity index is 1.48. The van der Waals surface area contributed by atoms with Gasteiger partial charge in [0.2, 0.25) is 5.91 Å². The van der Waals surface area contributed by atoms with Gasteiger partial charge in [0.25, 0.3) is 0 Å². The maximum atomic E-state index is 12.1. The number of amides is 1. The molecule has 4 rings (SSSR count). The van der Waals surface area contributed by atoms with Gasteiger partial charge in [0.1, 0.15) is 0 Å². The highest BCUT2D eigenvalue weighted by Crippen LogP contribution is 2.68. The summed E-state index contributed by atoms with van der Waals surface area (Å²) in [6.45, 7) is 6.58. The maximum absolute atomic E-state index is 12.1. The number of hydrogen-bond donors (Lipinski definition) is 6. The van der Waals surface area contributed by atoms with Crippen molar-refractivity contribution in [2.24, 2.45) is 46.3 Å². The van der Waals surface area contributed by atoms with Gasteiger partial charge in [0.15, 0.2) is 6.29 Å². The molecule has 4 aliphatic rings. The summed E-state index contributed by atoms with van der Waals surface area (Å²) in [4.78, 5) is 12.1. The van der Waals surface area contributed by atoms with Gasteiger partial charge in [-0.25, -0.2) is 0 Å². The molecule has 0 aromatic carbocycles. The van der Waals surface area contributed by atoms with Crippen molar-refractivity contribution in [1.82, 2.24) is 5.32 Å². The molecule has 190 valence electrons. The Morgan fingerprint density at radius 1 is 1.03 bits per heavy atom. The molecule has 4 fully saturated rings. The highest BCUT2D eigenvalue weighted by Gasteiger charge is 2.65. The van der Waals surface area contributed by atoms with Crippen molar-refractivity contribution in [3.8, 4) is 0 Å². The molecule has 0 bridgehead atoms. The van der Waals surface area contributed by atoms with Crippen molar-refractivity contribution in [1.29, 1.82) is 0 Å². The molecule has 33 heavy (non-hydrogen) atoms. The fourth-order valence-corrected chi connectivity index (χ4v) is 8.99. The molecule has 7 heteroatoms. The number of aliphatic hydroxyl groups is 5. The molecular weight excluding hydrogens is 422 g/mol. The van der Waals surface area contributed by atoms with Gasteiger partial charge >= 0.3 is 0 Å². The summed E-state index contributed by atoms with van der Waals surface area (Å²) in [6, 6.07) is 0. The second-order valence-corrected chi connectivity index (χ2v) is 12.3. The van der Waals surface area contributed by atoms with Crippen LogP contribution in [0.2, 0.25) is 0 Å². The fraction of sp³-hybridized carbons (Fsp3) is 0.962. The minimum atomic E-state index is -1.54. The van der Waals surface area contributed by atoms with E-state index in [9.17, 15) is 20.1 Å². The average molecular weight is 468 g/mol. The van der Waals surface area contributed by atoms with E-state index in [1.165, 1.54) is 0 Å². The van der Waals surface area contributed by atoms with Gasteiger partial charge in [-0.3, -0.25) is 4.79 Å². The van der Waals surface area contributed by atoms with E-state index >= 15 is 0 Å². The third-order valence-corrected chi connectivity index (χ3v) is 10.8. The molecule has 11 atom stereocenters. The van der Waals surface area contributed by atoms with Crippen LogP contribution >= 0.6 is 0 Å². The Labute approximate surface area is 198 Å². The number of carbonyl (C=O) groups excluding carboxylic acids is 1. The van der Waals surface area contributed by atoms with E-state index < -0.39 is 12.4 Å². The molecule has 7 nitrogen and oxygen atoms in total. The third kappa shape index (κ3) is 4.37. The zero-order valence-electron chi connectivity index (χ0n) is 20.5. The van der Waals surface area contributed by atoms with Crippen LogP contribution in [0.15, 0.2) is 0 Å². The molecule has 0 saturated heterocycles. The van der Waals surface area contributed by atoms with Gasteiger partial charge in [-0.15, -0.1) is 0 Å². The van der Waals surface area contributed by atoms with Gasteiger partial charge < -0.3 is 30.8 Å². The normalized spacial score (nSPS) is 48.0. The Bertz CT molecular complexity index is 717. The zero-order valence-corrected chi connectivity index (χ0v) is 20.5. The Hall–Kier alpha value is -0.730. The molecule has 1 amide bonds. The maximum Gasteiger partial charge on any atom is 0.220 e. The Kier molecular flexibility index (Phi) is 7.21. The summed E-state index contributed by atoms with van der Waals surface area (Å²) in [5, 5.41) is 53.6. The minimum absolute atomic E-state index is 0.0739. The lowest BCUT2D eigenvalue weighted by Crippen LogP contribution is -2.62. The molecule has 0 heterocycles. The van der Waals surface area contributed by atoms with Crippen LogP contribution in [0.3, 0.4) is 0 Å². The molecule has 4 aliphatic carbocycles. The number of fused-ring (bicyclic) bond motifs is 5. The number of carbonyl (C=O) groups is 1. The predicted molar refractivity (Wildman–Crippen MR) is 124 cm³/mol. The van der Waals surface area contributed by atoms with E-state index in [2.05, 4.69) is 26.1 Å². The van der Waals surface area contributed by atoms with E-state index in [1.54, 1.807) is 0 Å². The monoisotopic (exact) mass is 467 g/mol. The van der Waals surface area contributed by atoms with Crippen molar-refractivity contribution >= 4 is 5.91 Å². The van der Waals surface area contributed by atoms with Crippen LogP contribution in [-0.2, 0) is 4.79 Å². The van der Waals surface area contributed by atoms with E-state index in [0.29, 0.717) is 24.7 Å². The van der Waals surface area contributed by atoms with Crippen LogP contribution in [0, 0.1) is 46.3 Å². The first kappa shape index (κ1) is 25.4. The van der Waals surface area contributed by atoms with Crippen LogP contribution in [0.5, 0.6) is 0 Å². The fourth-order valence-electron chi connectivity index (χ4n) is 8.99. The van der Waals surface area contributed by atoms with Crippen molar-refractivity contribution in [2.45, 2.75) is 103 Å². The zero-order chi connectivity index (χ0) is 24.1. The van der Waals surface area contributed by atoms with E-state index in [4.69, 9.17) is 10.2 Å². The standard InChI is InChI=1S/C26H45NO6/c1-14(4-7-22(31)27-13-23(32)33)17-5-6-18-24-19(12-21(30)26(17,18)3)25(2)9-8-16(28)10-15(25)11-20(24)29/h14-21,23-24,28-30,32-33H,4-13H2,1-3H3,(H,27,31). The lowest BCUT2D eigenvalue weighted by molar-refractivity contribution is -0.207. The first-order chi connectivity index (χ1) is 15.5. The lowest BCUT2D eigenvalue weighted by Gasteiger charge is -2.63. The summed E-state index contributed by atoms with van der Waals surface area (Å²) in [6.07, 6.45) is 4.47. The lowest BCUT2D eigenvalue weighted by atomic mass is 9.43. The quantitative estimate of drug-likeness (QED) is 0.330. The molecular formula is C26H45NO6. The number of hydrogen-bond acceptors (Lipinski definition) is 6. The second-order valence-electron chi connectivity index (χ2n) is 12.3. The first-order valence-corrected chi connectivity index (χ1v) is 13.2. The number of rotatable bonds is 6. The van der Waals surface area contributed by atoms with Crippen molar-refractivity contribution in [2.75, 3.05) is 6.54 Å². The minimum Gasteiger partial charge on any atom is -0.393 e. The third-order valence-electron chi connectivity index (χ3n) is 10.8. The predicted octanol–water partition coefficient (Wildman–Crippen LogP) is 1.79. The van der Waals surface area contributed by atoms with Crippen molar-refractivity contribution in [3.63, 3.8) is 0 Å². The molecule has 0 aromatic rings. The van der Waals surface area contributed by atoms with Gasteiger partial charge in [-0.1, -0.05) is 20.8 Å². The van der Waals surface area contributed by atoms with Crippen LogP contribution in [0.1, 0.15) is 78.6 Å². The summed E-state index contributed by atoms with van der Waals surface area (Å²) in [5.74, 6) is 1.45. The van der Waals surface area contributed by atoms with E-state index in [0.717, 1.165) is 44.9 Å². The molecule has 11 unspecified atom stereocenters. The SMILES string of the molecule is CC(CCC(=O)NCC(O)O)C1CCC2C3C(O)CC4CC(O)CCC4(C)C3CC(O)C12C. The highest BCUT2D eigenvalue weighted by molar-refractivity contribution is 5.75. The largest absolute Gasteiger partial charge is 0.393 e. The van der Waals surface area contributed by atoms with Crippen LogP contribution in [-0.4, -0.2) is 62.6 Å². The molecule has 0 spiro atoms. The Morgan fingerprint density at radius 2 is 1.76 bits per heavy atom. The molecule has 0 aliphatic heterocycles. The van der Waals surface area contributed by atoms with Crippen LogP contribution in [0.25, 0.3) is 0 Å². The van der Waals surface area contributed by atoms with Crippen LogP contribution in [0.4, 0.5) is 0 Å². The van der Waals surface area contributed by atoms with E-state index in [-0.39, 0.29) is 59.2 Å². The topological polar surface area (TPSA) is 130 Å². The summed E-state index contributed by atoms with van der Waals surface area (Å²) in [5.41, 5.74) is -0.193. The van der Waals surface area contributed by atoms with Crippen molar-refractivity contribution < 1.29 is 30.3 Å². The highest BCUT2D eigenvalue weighted by atomic mass is 16.5. The smallest absolute Gasteiger partial charge is 0.220 e. The Morgan fingerprint density at radius 3 is 2.45 bits per heavy atom.